The molecule has 0 amide bonds. The number of terminal acetylenes is 1. The lowest BCUT2D eigenvalue weighted by atomic mass is 10.2. The molecular weight excluding hydrogens is 222 g/mol. The normalized spacial score (nSPS) is 10.1. The number of aromatic nitrogens is 1. The molecule has 0 aliphatic carbocycles. The van der Waals surface area contributed by atoms with Crippen molar-refractivity contribution in [2.45, 2.75) is 33.2 Å². The van der Waals surface area contributed by atoms with Crippen LogP contribution in [0.15, 0.2) is 18.3 Å². The summed E-state index contributed by atoms with van der Waals surface area (Å²) in [6.45, 7) is 7.80. The van der Waals surface area contributed by atoms with E-state index in [1.165, 1.54) is 5.56 Å². The van der Waals surface area contributed by atoms with Gasteiger partial charge in [-0.1, -0.05) is 25.8 Å². The summed E-state index contributed by atoms with van der Waals surface area (Å²) in [7, 11) is 0. The maximum atomic E-state index is 5.38. The van der Waals surface area contributed by atoms with Crippen molar-refractivity contribution in [3.8, 4) is 12.3 Å². The molecule has 0 aromatic carbocycles. The van der Waals surface area contributed by atoms with Crippen LogP contribution in [0.5, 0.6) is 0 Å². The zero-order valence-corrected chi connectivity index (χ0v) is 11.4. The Kier molecular flexibility index (Phi) is 6.90. The number of nitrogens with one attached hydrogen (secondary N) is 1. The van der Waals surface area contributed by atoms with Gasteiger partial charge in [-0.2, -0.15) is 0 Å². The average Bonchev–Trinajstić information content (AvgIpc) is 2.40. The lowest BCUT2D eigenvalue weighted by Gasteiger charge is -2.20. The van der Waals surface area contributed by atoms with Gasteiger partial charge in [0.25, 0.3) is 0 Å². The predicted octanol–water partition coefficient (Wildman–Crippen LogP) is 2.43. The van der Waals surface area contributed by atoms with Gasteiger partial charge >= 0.3 is 0 Å². The largest absolute Gasteiger partial charge is 0.345 e. The number of anilines is 1. The van der Waals surface area contributed by atoms with E-state index in [9.17, 15) is 0 Å². The monoisotopic (exact) mass is 245 g/mol. The molecule has 0 saturated heterocycles. The van der Waals surface area contributed by atoms with Crippen LogP contribution in [0.25, 0.3) is 0 Å². The van der Waals surface area contributed by atoms with Crippen LogP contribution in [0, 0.1) is 12.3 Å². The standard InChI is InChI=1S/C15H23N3/c1-4-9-16-12-14-7-8-15(17-13-14)18(10-5-2)11-6-3/h2,7-8,13,16H,4,6,9-12H2,1,3H3. The molecular formula is C15H23N3. The molecule has 1 aromatic heterocycles. The van der Waals surface area contributed by atoms with Crippen molar-refractivity contribution in [2.24, 2.45) is 0 Å². The third-order valence-corrected chi connectivity index (χ3v) is 2.66. The number of nitrogens with zero attached hydrogens (tertiary/aromatic N) is 2. The predicted molar refractivity (Wildman–Crippen MR) is 77.6 cm³/mol. The van der Waals surface area contributed by atoms with Crippen LogP contribution in [-0.4, -0.2) is 24.6 Å². The van der Waals surface area contributed by atoms with Crippen molar-refractivity contribution < 1.29 is 0 Å². The van der Waals surface area contributed by atoms with Crippen molar-refractivity contribution in [3.63, 3.8) is 0 Å². The second kappa shape index (κ2) is 8.54. The Hall–Kier alpha value is -1.53. The van der Waals surface area contributed by atoms with Gasteiger partial charge in [-0.05, 0) is 31.0 Å². The molecule has 1 N–H and O–H groups in total. The summed E-state index contributed by atoms with van der Waals surface area (Å²) in [5.74, 6) is 3.65. The smallest absolute Gasteiger partial charge is 0.129 e. The highest BCUT2D eigenvalue weighted by molar-refractivity contribution is 5.40. The van der Waals surface area contributed by atoms with Gasteiger partial charge in [0.2, 0.25) is 0 Å². The van der Waals surface area contributed by atoms with Crippen LogP contribution in [0.4, 0.5) is 5.82 Å². The third kappa shape index (κ3) is 4.77. The van der Waals surface area contributed by atoms with E-state index >= 15 is 0 Å². The minimum atomic E-state index is 0.619. The number of rotatable bonds is 8. The maximum absolute atomic E-state index is 5.38. The molecule has 0 atom stereocenters. The highest BCUT2D eigenvalue weighted by Crippen LogP contribution is 2.11. The second-order valence-electron chi connectivity index (χ2n) is 4.33. The van der Waals surface area contributed by atoms with Gasteiger partial charge in [0.15, 0.2) is 0 Å². The van der Waals surface area contributed by atoms with E-state index in [2.05, 4.69) is 47.1 Å². The Labute approximate surface area is 111 Å². The highest BCUT2D eigenvalue weighted by Gasteiger charge is 2.05. The fourth-order valence-corrected chi connectivity index (χ4v) is 1.77. The van der Waals surface area contributed by atoms with Crippen molar-refractivity contribution in [3.05, 3.63) is 23.9 Å². The Bertz CT molecular complexity index is 364. The maximum Gasteiger partial charge on any atom is 0.129 e. The molecule has 0 unspecified atom stereocenters. The highest BCUT2D eigenvalue weighted by atomic mass is 15.2. The summed E-state index contributed by atoms with van der Waals surface area (Å²) in [4.78, 5) is 6.61. The van der Waals surface area contributed by atoms with Crippen molar-refractivity contribution in [2.75, 3.05) is 24.5 Å². The zero-order valence-electron chi connectivity index (χ0n) is 11.4. The number of hydrogen-bond acceptors (Lipinski definition) is 3. The quantitative estimate of drug-likeness (QED) is 0.563. The van der Waals surface area contributed by atoms with E-state index < -0.39 is 0 Å². The number of pyridine rings is 1. The van der Waals surface area contributed by atoms with Crippen LogP contribution in [0.3, 0.4) is 0 Å². The van der Waals surface area contributed by atoms with Crippen LogP contribution >= 0.6 is 0 Å². The van der Waals surface area contributed by atoms with Crippen LogP contribution in [0.1, 0.15) is 32.3 Å². The Morgan fingerprint density at radius 1 is 1.33 bits per heavy atom. The fourth-order valence-electron chi connectivity index (χ4n) is 1.77. The molecule has 3 heteroatoms. The third-order valence-electron chi connectivity index (χ3n) is 2.66. The molecule has 0 aliphatic rings. The minimum absolute atomic E-state index is 0.619. The minimum Gasteiger partial charge on any atom is -0.345 e. The molecule has 0 fully saturated rings. The topological polar surface area (TPSA) is 28.2 Å². The first-order valence-electron chi connectivity index (χ1n) is 6.65. The van der Waals surface area contributed by atoms with E-state index in [0.29, 0.717) is 6.54 Å². The molecule has 98 valence electrons. The first kappa shape index (κ1) is 14.5. The van der Waals surface area contributed by atoms with Crippen LogP contribution < -0.4 is 10.2 Å². The molecule has 0 bridgehead atoms. The summed E-state index contributed by atoms with van der Waals surface area (Å²) >= 11 is 0. The molecule has 0 radical (unpaired) electrons. The molecule has 1 aromatic rings. The first-order chi connectivity index (χ1) is 8.81. The number of hydrogen-bond donors (Lipinski definition) is 1. The molecule has 3 nitrogen and oxygen atoms in total. The molecule has 0 aliphatic heterocycles. The molecule has 0 spiro atoms. The summed E-state index contributed by atoms with van der Waals surface area (Å²) in [6.07, 6.45) is 9.53. The molecule has 1 rings (SSSR count). The van der Waals surface area contributed by atoms with Gasteiger partial charge in [-0.15, -0.1) is 6.42 Å². The van der Waals surface area contributed by atoms with Gasteiger partial charge < -0.3 is 10.2 Å². The van der Waals surface area contributed by atoms with Crippen molar-refractivity contribution >= 4 is 5.82 Å². The fraction of sp³-hybridized carbons (Fsp3) is 0.533. The first-order valence-corrected chi connectivity index (χ1v) is 6.65. The SMILES string of the molecule is C#CCN(CCC)c1ccc(CNCCC)cn1. The van der Waals surface area contributed by atoms with Crippen LogP contribution in [-0.2, 0) is 6.54 Å². The van der Waals surface area contributed by atoms with Gasteiger partial charge in [0.1, 0.15) is 5.82 Å². The molecule has 0 saturated carbocycles. The van der Waals surface area contributed by atoms with E-state index in [4.69, 9.17) is 6.42 Å². The Morgan fingerprint density at radius 3 is 2.72 bits per heavy atom. The van der Waals surface area contributed by atoms with Gasteiger partial charge in [-0.3, -0.25) is 0 Å². The van der Waals surface area contributed by atoms with E-state index in [0.717, 1.165) is 38.3 Å². The Morgan fingerprint density at radius 2 is 2.17 bits per heavy atom. The summed E-state index contributed by atoms with van der Waals surface area (Å²) in [5.41, 5.74) is 1.21. The lowest BCUT2D eigenvalue weighted by Crippen LogP contribution is -2.25. The van der Waals surface area contributed by atoms with Crippen molar-refractivity contribution in [1.29, 1.82) is 0 Å². The van der Waals surface area contributed by atoms with Gasteiger partial charge in [0.05, 0.1) is 6.54 Å². The summed E-state index contributed by atoms with van der Waals surface area (Å²) < 4.78 is 0. The average molecular weight is 245 g/mol. The zero-order chi connectivity index (χ0) is 13.2. The van der Waals surface area contributed by atoms with Crippen molar-refractivity contribution in [1.82, 2.24) is 10.3 Å². The van der Waals surface area contributed by atoms with Crippen LogP contribution in [0.2, 0.25) is 0 Å². The lowest BCUT2D eigenvalue weighted by molar-refractivity contribution is 0.673. The molecule has 18 heavy (non-hydrogen) atoms. The van der Waals surface area contributed by atoms with E-state index in [1.807, 2.05) is 6.20 Å². The second-order valence-corrected chi connectivity index (χ2v) is 4.33. The van der Waals surface area contributed by atoms with E-state index in [1.54, 1.807) is 0 Å². The Balaban J connectivity index is 2.59. The van der Waals surface area contributed by atoms with E-state index in [-0.39, 0.29) is 0 Å². The van der Waals surface area contributed by atoms with Gasteiger partial charge in [-0.25, -0.2) is 4.98 Å². The molecule has 1 heterocycles. The summed E-state index contributed by atoms with van der Waals surface area (Å²) in [6, 6.07) is 4.17. The van der Waals surface area contributed by atoms with Gasteiger partial charge in [0, 0.05) is 19.3 Å². The summed E-state index contributed by atoms with van der Waals surface area (Å²) in [5, 5.41) is 3.36.